The molecule has 10 heteroatoms. The molecule has 0 aromatic carbocycles. The summed E-state index contributed by atoms with van der Waals surface area (Å²) in [6.07, 6.45) is 4.09. The lowest BCUT2D eigenvalue weighted by Gasteiger charge is -2.31. The Morgan fingerprint density at radius 2 is 1.93 bits per heavy atom. The number of imidazole rings is 1. The quantitative estimate of drug-likeness (QED) is 0.622. The van der Waals surface area contributed by atoms with Crippen molar-refractivity contribution in [2.75, 3.05) is 44.3 Å². The van der Waals surface area contributed by atoms with Crippen molar-refractivity contribution in [1.29, 1.82) is 0 Å². The molecule has 3 aromatic rings. The number of fused-ring (bicyclic) bond motifs is 1. The molecular weight excluding hydrogens is 404 g/mol. The van der Waals surface area contributed by atoms with Gasteiger partial charge in [0.15, 0.2) is 17.0 Å². The van der Waals surface area contributed by atoms with Crippen molar-refractivity contribution in [3.63, 3.8) is 0 Å². The van der Waals surface area contributed by atoms with E-state index in [-0.39, 0.29) is 5.28 Å². The van der Waals surface area contributed by atoms with E-state index in [1.54, 1.807) is 0 Å². The van der Waals surface area contributed by atoms with Gasteiger partial charge in [-0.15, -0.1) is 0 Å². The number of nitrogens with zero attached hydrogens (tertiary/aromatic N) is 7. The highest BCUT2D eigenvalue weighted by atomic mass is 35.5. The van der Waals surface area contributed by atoms with Crippen molar-refractivity contribution in [2.24, 2.45) is 0 Å². The van der Waals surface area contributed by atoms with Gasteiger partial charge in [-0.1, -0.05) is 0 Å². The maximum atomic E-state index is 6.30. The van der Waals surface area contributed by atoms with Crippen LogP contribution in [0.25, 0.3) is 11.2 Å². The van der Waals surface area contributed by atoms with Crippen LogP contribution in [0.2, 0.25) is 5.28 Å². The second kappa shape index (κ2) is 8.49. The summed E-state index contributed by atoms with van der Waals surface area (Å²) in [4.78, 5) is 18.7. The average Bonchev–Trinajstić information content (AvgIpc) is 3.42. The van der Waals surface area contributed by atoms with Crippen molar-refractivity contribution in [3.05, 3.63) is 29.1 Å². The van der Waals surface area contributed by atoms with Gasteiger partial charge in [0.2, 0.25) is 5.28 Å². The van der Waals surface area contributed by atoms with E-state index >= 15 is 0 Å². The fourth-order valence-electron chi connectivity index (χ4n) is 4.55. The molecule has 5 rings (SSSR count). The lowest BCUT2D eigenvalue weighted by molar-refractivity contribution is 0.122. The Bertz CT molecular complexity index is 990. The fraction of sp³-hybridized carbons (Fsp3) is 0.600. The van der Waals surface area contributed by atoms with Crippen LogP contribution in [0.4, 0.5) is 5.82 Å². The minimum absolute atomic E-state index is 0.269. The number of hydrogen-bond acceptors (Lipinski definition) is 7. The third-order valence-electron chi connectivity index (χ3n) is 6.17. The predicted molar refractivity (Wildman–Crippen MR) is 115 cm³/mol. The third-order valence-corrected chi connectivity index (χ3v) is 6.34. The van der Waals surface area contributed by atoms with Crippen LogP contribution in [0.5, 0.6) is 0 Å². The summed E-state index contributed by atoms with van der Waals surface area (Å²) in [5, 5.41) is 7.49. The number of rotatable bonds is 5. The molecule has 5 heterocycles. The van der Waals surface area contributed by atoms with Crippen LogP contribution in [0, 0.1) is 0 Å². The molecule has 2 saturated heterocycles. The van der Waals surface area contributed by atoms with Crippen molar-refractivity contribution in [2.45, 2.75) is 38.8 Å². The van der Waals surface area contributed by atoms with Crippen molar-refractivity contribution in [3.8, 4) is 0 Å². The normalized spacial score (nSPS) is 19.1. The van der Waals surface area contributed by atoms with Crippen LogP contribution in [-0.2, 0) is 17.8 Å². The smallest absolute Gasteiger partial charge is 0.226 e. The number of aryl methyl sites for hydroxylation is 1. The van der Waals surface area contributed by atoms with Gasteiger partial charge in [0.1, 0.15) is 5.82 Å². The number of halogens is 1. The van der Waals surface area contributed by atoms with Gasteiger partial charge in [-0.25, -0.2) is 4.98 Å². The molecule has 0 aliphatic carbocycles. The molecule has 2 aliphatic rings. The lowest BCUT2D eigenvalue weighted by Crippen LogP contribution is -2.37. The number of aromatic nitrogens is 6. The first-order chi connectivity index (χ1) is 14.7. The number of likely N-dealkylation sites (tertiary alicyclic amines) is 1. The van der Waals surface area contributed by atoms with Crippen LogP contribution in [0.3, 0.4) is 0 Å². The number of aromatic amines is 1. The first kappa shape index (κ1) is 19.7. The highest BCUT2D eigenvalue weighted by molar-refractivity contribution is 6.28. The Labute approximate surface area is 180 Å². The van der Waals surface area contributed by atoms with Gasteiger partial charge in [0.05, 0.1) is 19.8 Å². The summed E-state index contributed by atoms with van der Waals surface area (Å²) >= 11 is 6.30. The number of ether oxygens (including phenoxy) is 1. The number of nitrogens with one attached hydrogen (secondary N) is 1. The Balaban J connectivity index is 1.39. The minimum Gasteiger partial charge on any atom is -0.378 e. The summed E-state index contributed by atoms with van der Waals surface area (Å²) in [6.45, 7) is 8.77. The molecule has 0 bridgehead atoms. The summed E-state index contributed by atoms with van der Waals surface area (Å²) < 4.78 is 7.67. The van der Waals surface area contributed by atoms with E-state index in [1.165, 1.54) is 5.69 Å². The van der Waals surface area contributed by atoms with Gasteiger partial charge in [-0.2, -0.15) is 15.1 Å². The lowest BCUT2D eigenvalue weighted by atomic mass is 9.94. The van der Waals surface area contributed by atoms with Gasteiger partial charge in [-0.05, 0) is 50.5 Å². The molecule has 0 saturated carbocycles. The van der Waals surface area contributed by atoms with Gasteiger partial charge < -0.3 is 14.2 Å². The Kier molecular flexibility index (Phi) is 5.58. The number of morpholine rings is 1. The second-order valence-electron chi connectivity index (χ2n) is 7.92. The Hall–Kier alpha value is -2.23. The van der Waals surface area contributed by atoms with Crippen molar-refractivity contribution < 1.29 is 4.74 Å². The number of hydrogen-bond donors (Lipinski definition) is 1. The molecular formula is C20H27ClN8O. The maximum absolute atomic E-state index is 6.30. The van der Waals surface area contributed by atoms with Crippen molar-refractivity contribution >= 4 is 28.6 Å². The zero-order valence-corrected chi connectivity index (χ0v) is 18.0. The Morgan fingerprint density at radius 1 is 1.13 bits per heavy atom. The molecule has 0 radical (unpaired) electrons. The first-order valence-electron chi connectivity index (χ1n) is 10.7. The second-order valence-corrected chi connectivity index (χ2v) is 8.26. The zero-order chi connectivity index (χ0) is 20.5. The Morgan fingerprint density at radius 3 is 2.63 bits per heavy atom. The van der Waals surface area contributed by atoms with E-state index in [4.69, 9.17) is 21.3 Å². The summed E-state index contributed by atoms with van der Waals surface area (Å²) in [7, 11) is 0. The first-order valence-corrected chi connectivity index (χ1v) is 11.1. The van der Waals surface area contributed by atoms with E-state index in [0.29, 0.717) is 19.1 Å². The molecule has 3 aromatic heterocycles. The van der Waals surface area contributed by atoms with Crippen LogP contribution < -0.4 is 4.90 Å². The minimum atomic E-state index is 0.269. The topological polar surface area (TPSA) is 88.0 Å². The standard InChI is InChI=1S/C20H27ClN8O/c1-2-29-16(13-27-7-4-14(5-8-27)15-3-6-22-26-15)23-17-18(24-20(21)25-19(17)29)28-9-11-30-12-10-28/h3,6,14H,2,4-5,7-13H2,1H3,(H,22,26). The number of piperidine rings is 1. The van der Waals surface area contributed by atoms with E-state index in [9.17, 15) is 0 Å². The molecule has 2 aliphatic heterocycles. The summed E-state index contributed by atoms with van der Waals surface area (Å²) in [5.74, 6) is 2.41. The molecule has 30 heavy (non-hydrogen) atoms. The highest BCUT2D eigenvalue weighted by Gasteiger charge is 2.25. The summed E-state index contributed by atoms with van der Waals surface area (Å²) in [6, 6.07) is 2.09. The molecule has 2 fully saturated rings. The van der Waals surface area contributed by atoms with Crippen LogP contribution >= 0.6 is 11.6 Å². The van der Waals surface area contributed by atoms with Crippen LogP contribution in [0.1, 0.15) is 37.2 Å². The van der Waals surface area contributed by atoms with E-state index in [0.717, 1.165) is 74.9 Å². The third kappa shape index (κ3) is 3.77. The molecule has 9 nitrogen and oxygen atoms in total. The van der Waals surface area contributed by atoms with Gasteiger partial charge in [-0.3, -0.25) is 10.00 Å². The van der Waals surface area contributed by atoms with Crippen LogP contribution in [-0.4, -0.2) is 74.0 Å². The van der Waals surface area contributed by atoms with E-state index < -0.39 is 0 Å². The molecule has 0 amide bonds. The van der Waals surface area contributed by atoms with Crippen LogP contribution in [0.15, 0.2) is 12.3 Å². The highest BCUT2D eigenvalue weighted by Crippen LogP contribution is 2.29. The van der Waals surface area contributed by atoms with Gasteiger partial charge >= 0.3 is 0 Å². The maximum Gasteiger partial charge on any atom is 0.226 e. The zero-order valence-electron chi connectivity index (χ0n) is 17.2. The van der Waals surface area contributed by atoms with E-state index in [1.807, 2.05) is 6.20 Å². The predicted octanol–water partition coefficient (Wildman–Crippen LogP) is 2.44. The number of H-pyrrole nitrogens is 1. The summed E-state index contributed by atoms with van der Waals surface area (Å²) in [5.41, 5.74) is 2.90. The molecule has 1 N–H and O–H groups in total. The monoisotopic (exact) mass is 430 g/mol. The molecule has 0 spiro atoms. The average molecular weight is 431 g/mol. The fourth-order valence-corrected chi connectivity index (χ4v) is 4.71. The molecule has 160 valence electrons. The largest absolute Gasteiger partial charge is 0.378 e. The number of anilines is 1. The van der Waals surface area contributed by atoms with Gasteiger partial charge in [0.25, 0.3) is 0 Å². The van der Waals surface area contributed by atoms with Gasteiger partial charge in [0, 0.05) is 37.4 Å². The van der Waals surface area contributed by atoms with Crippen molar-refractivity contribution in [1.82, 2.24) is 34.6 Å². The molecule has 0 atom stereocenters. The molecule has 0 unspecified atom stereocenters. The van der Waals surface area contributed by atoms with E-state index in [2.05, 4.69) is 47.5 Å². The SMILES string of the molecule is CCn1c(CN2CCC(c3ccn[nH]3)CC2)nc2c(N3CCOCC3)nc(Cl)nc21.